The van der Waals surface area contributed by atoms with Crippen LogP contribution < -0.4 is 4.90 Å². The second kappa shape index (κ2) is 3.90. The molecule has 0 saturated carbocycles. The van der Waals surface area contributed by atoms with Crippen molar-refractivity contribution in [1.82, 2.24) is 0 Å². The largest absolute Gasteiger partial charge is 0.370 e. The van der Waals surface area contributed by atoms with Crippen LogP contribution in [0.15, 0.2) is 12.1 Å². The van der Waals surface area contributed by atoms with Crippen LogP contribution >= 0.6 is 0 Å². The van der Waals surface area contributed by atoms with Crippen LogP contribution in [0.4, 0.5) is 18.9 Å². The van der Waals surface area contributed by atoms with E-state index < -0.39 is 17.5 Å². The number of nitrogens with zero attached hydrogens (tertiary/aromatic N) is 1. The fourth-order valence-corrected chi connectivity index (χ4v) is 1.07. The smallest absolute Gasteiger partial charge is 0.196 e. The van der Waals surface area contributed by atoms with Gasteiger partial charge in [0.15, 0.2) is 17.5 Å². The maximum atomic E-state index is 13.2. The van der Waals surface area contributed by atoms with Crippen molar-refractivity contribution in [3.05, 3.63) is 29.6 Å². The lowest BCUT2D eigenvalue weighted by molar-refractivity contribution is 0.446. The van der Waals surface area contributed by atoms with Gasteiger partial charge in [-0.2, -0.15) is 0 Å². The molecule has 0 heterocycles. The number of halogens is 3. The Morgan fingerprint density at radius 1 is 1.07 bits per heavy atom. The number of rotatable bonds is 2. The maximum absolute atomic E-state index is 13.2. The summed E-state index contributed by atoms with van der Waals surface area (Å²) in [5, 5.41) is 0. The van der Waals surface area contributed by atoms with Crippen molar-refractivity contribution in [3.63, 3.8) is 0 Å². The second-order valence-corrected chi connectivity index (χ2v) is 3.40. The summed E-state index contributed by atoms with van der Waals surface area (Å²) in [5.41, 5.74) is 0.0684. The van der Waals surface area contributed by atoms with Crippen LogP contribution in [0.5, 0.6) is 0 Å². The van der Waals surface area contributed by atoms with E-state index in [4.69, 9.17) is 0 Å². The molecule has 14 heavy (non-hydrogen) atoms. The first-order valence-corrected chi connectivity index (χ1v) is 4.31. The highest BCUT2D eigenvalue weighted by Crippen LogP contribution is 2.23. The Hall–Kier alpha value is -1.19. The standard InChI is InChI=1S/C10H12F3N/c1-6(2)14(3)8-5-4-7(11)9(12)10(8)13/h4-6H,1-3H3. The molecule has 4 heteroatoms. The molecule has 1 aromatic carbocycles. The first kappa shape index (κ1) is 10.9. The SMILES string of the molecule is CC(C)N(C)c1ccc(F)c(F)c1F. The summed E-state index contributed by atoms with van der Waals surface area (Å²) in [4.78, 5) is 1.54. The van der Waals surface area contributed by atoms with Gasteiger partial charge in [0, 0.05) is 13.1 Å². The third-order valence-electron chi connectivity index (χ3n) is 2.17. The molecule has 0 aliphatic rings. The van der Waals surface area contributed by atoms with Crippen molar-refractivity contribution in [3.8, 4) is 0 Å². The summed E-state index contributed by atoms with van der Waals surface area (Å²) in [6.07, 6.45) is 0. The molecule has 78 valence electrons. The lowest BCUT2D eigenvalue weighted by Crippen LogP contribution is -2.26. The normalized spacial score (nSPS) is 10.8. The predicted molar refractivity (Wildman–Crippen MR) is 49.9 cm³/mol. The topological polar surface area (TPSA) is 3.24 Å². The lowest BCUT2D eigenvalue weighted by atomic mass is 10.2. The molecule has 0 aromatic heterocycles. The molecule has 0 N–H and O–H groups in total. The fourth-order valence-electron chi connectivity index (χ4n) is 1.07. The van der Waals surface area contributed by atoms with E-state index in [1.807, 2.05) is 13.8 Å². The number of benzene rings is 1. The molecular weight excluding hydrogens is 191 g/mol. The zero-order valence-electron chi connectivity index (χ0n) is 8.31. The van der Waals surface area contributed by atoms with Crippen LogP contribution in [0.3, 0.4) is 0 Å². The van der Waals surface area contributed by atoms with E-state index >= 15 is 0 Å². The number of anilines is 1. The van der Waals surface area contributed by atoms with E-state index in [2.05, 4.69) is 0 Å². The van der Waals surface area contributed by atoms with E-state index in [0.717, 1.165) is 6.07 Å². The average Bonchev–Trinajstić information content (AvgIpc) is 2.13. The van der Waals surface area contributed by atoms with E-state index in [1.54, 1.807) is 7.05 Å². The quantitative estimate of drug-likeness (QED) is 0.668. The van der Waals surface area contributed by atoms with Crippen LogP contribution in [0.25, 0.3) is 0 Å². The minimum absolute atomic E-state index is 0.0226. The Labute approximate surface area is 81.1 Å². The molecule has 0 saturated heterocycles. The van der Waals surface area contributed by atoms with Crippen LogP contribution in [0, 0.1) is 17.5 Å². The molecule has 0 aliphatic carbocycles. The number of hydrogen-bond acceptors (Lipinski definition) is 1. The van der Waals surface area contributed by atoms with Gasteiger partial charge in [-0.1, -0.05) is 0 Å². The van der Waals surface area contributed by atoms with Gasteiger partial charge in [-0.25, -0.2) is 13.2 Å². The molecule has 1 rings (SSSR count). The van der Waals surface area contributed by atoms with E-state index in [0.29, 0.717) is 0 Å². The summed E-state index contributed by atoms with van der Waals surface area (Å²) in [7, 11) is 1.63. The van der Waals surface area contributed by atoms with Gasteiger partial charge in [0.2, 0.25) is 0 Å². The summed E-state index contributed by atoms with van der Waals surface area (Å²) in [5.74, 6) is -3.72. The van der Waals surface area contributed by atoms with Gasteiger partial charge in [0.25, 0.3) is 0 Å². The van der Waals surface area contributed by atoms with Crippen molar-refractivity contribution in [2.75, 3.05) is 11.9 Å². The van der Waals surface area contributed by atoms with Gasteiger partial charge in [-0.15, -0.1) is 0 Å². The summed E-state index contributed by atoms with van der Waals surface area (Å²) in [6, 6.07) is 2.18. The van der Waals surface area contributed by atoms with Crippen LogP contribution in [0.1, 0.15) is 13.8 Å². The van der Waals surface area contributed by atoms with E-state index in [1.165, 1.54) is 11.0 Å². The van der Waals surface area contributed by atoms with E-state index in [9.17, 15) is 13.2 Å². The maximum Gasteiger partial charge on any atom is 0.196 e. The third-order valence-corrected chi connectivity index (χ3v) is 2.17. The Morgan fingerprint density at radius 3 is 2.14 bits per heavy atom. The monoisotopic (exact) mass is 203 g/mol. The second-order valence-electron chi connectivity index (χ2n) is 3.40. The zero-order valence-corrected chi connectivity index (χ0v) is 8.31. The van der Waals surface area contributed by atoms with Crippen LogP contribution in [-0.2, 0) is 0 Å². The molecule has 0 unspecified atom stereocenters. The molecule has 0 amide bonds. The highest BCUT2D eigenvalue weighted by molar-refractivity contribution is 5.48. The molecule has 0 radical (unpaired) electrons. The third kappa shape index (κ3) is 1.84. The Bertz CT molecular complexity index is 336. The molecule has 1 nitrogen and oxygen atoms in total. The molecule has 1 aromatic rings. The van der Waals surface area contributed by atoms with Gasteiger partial charge < -0.3 is 4.90 Å². The molecule has 0 aliphatic heterocycles. The van der Waals surface area contributed by atoms with Gasteiger partial charge in [0.1, 0.15) is 0 Å². The van der Waals surface area contributed by atoms with E-state index in [-0.39, 0.29) is 11.7 Å². The molecular formula is C10H12F3N. The van der Waals surface area contributed by atoms with Crippen LogP contribution in [0.2, 0.25) is 0 Å². The van der Waals surface area contributed by atoms with Crippen molar-refractivity contribution < 1.29 is 13.2 Å². The zero-order chi connectivity index (χ0) is 10.9. The van der Waals surface area contributed by atoms with Gasteiger partial charge in [0.05, 0.1) is 5.69 Å². The minimum atomic E-state index is -1.42. The molecule has 0 spiro atoms. The first-order chi connectivity index (χ1) is 6.45. The van der Waals surface area contributed by atoms with Gasteiger partial charge in [-0.3, -0.25) is 0 Å². The highest BCUT2D eigenvalue weighted by atomic mass is 19.2. The van der Waals surface area contributed by atoms with Crippen molar-refractivity contribution in [1.29, 1.82) is 0 Å². The molecule has 0 bridgehead atoms. The van der Waals surface area contributed by atoms with Gasteiger partial charge in [-0.05, 0) is 26.0 Å². The van der Waals surface area contributed by atoms with Crippen LogP contribution in [-0.4, -0.2) is 13.1 Å². The summed E-state index contributed by atoms with van der Waals surface area (Å²) < 4.78 is 38.6. The molecule has 0 atom stereocenters. The summed E-state index contributed by atoms with van der Waals surface area (Å²) >= 11 is 0. The van der Waals surface area contributed by atoms with Crippen molar-refractivity contribution in [2.45, 2.75) is 19.9 Å². The Kier molecular flexibility index (Phi) is 3.03. The summed E-state index contributed by atoms with van der Waals surface area (Å²) in [6.45, 7) is 3.67. The fraction of sp³-hybridized carbons (Fsp3) is 0.400. The number of hydrogen-bond donors (Lipinski definition) is 0. The minimum Gasteiger partial charge on any atom is -0.370 e. The van der Waals surface area contributed by atoms with Crippen molar-refractivity contribution >= 4 is 5.69 Å². The predicted octanol–water partition coefficient (Wildman–Crippen LogP) is 2.95. The van der Waals surface area contributed by atoms with Crippen molar-refractivity contribution in [2.24, 2.45) is 0 Å². The Morgan fingerprint density at radius 2 is 1.64 bits per heavy atom. The molecule has 0 fully saturated rings. The van der Waals surface area contributed by atoms with Gasteiger partial charge >= 0.3 is 0 Å². The first-order valence-electron chi connectivity index (χ1n) is 4.31. The average molecular weight is 203 g/mol. The lowest BCUT2D eigenvalue weighted by Gasteiger charge is -2.24. The highest BCUT2D eigenvalue weighted by Gasteiger charge is 2.17. The Balaban J connectivity index is 3.17.